The van der Waals surface area contributed by atoms with Crippen LogP contribution in [0.4, 0.5) is 22.3 Å². The second kappa shape index (κ2) is 6.49. The van der Waals surface area contributed by atoms with Gasteiger partial charge in [-0.25, -0.2) is 15.0 Å². The molecule has 0 aliphatic heterocycles. The molecule has 4 rings (SSSR count). The topological polar surface area (TPSA) is 62.7 Å². The summed E-state index contributed by atoms with van der Waals surface area (Å²) in [5, 5.41) is 7.55. The summed E-state index contributed by atoms with van der Waals surface area (Å²) >= 11 is 1.52. The van der Waals surface area contributed by atoms with Gasteiger partial charge in [-0.15, -0.1) is 0 Å². The van der Waals surface area contributed by atoms with Crippen molar-refractivity contribution in [3.63, 3.8) is 0 Å². The minimum Gasteiger partial charge on any atom is -0.338 e. The molecule has 0 saturated heterocycles. The summed E-state index contributed by atoms with van der Waals surface area (Å²) in [7, 11) is 0. The highest BCUT2D eigenvalue weighted by molar-refractivity contribution is 7.21. The molecule has 0 saturated carbocycles. The van der Waals surface area contributed by atoms with E-state index in [1.165, 1.54) is 22.5 Å². The number of hydrogen-bond acceptors (Lipinski definition) is 6. The van der Waals surface area contributed by atoms with Crippen LogP contribution >= 0.6 is 11.3 Å². The molecule has 124 valence electrons. The van der Waals surface area contributed by atoms with Crippen LogP contribution in [0.25, 0.3) is 10.3 Å². The molecule has 0 aliphatic rings. The molecular weight excluding hydrogens is 330 g/mol. The molecule has 0 aliphatic carbocycles. The molecule has 2 aromatic heterocycles. The quantitative estimate of drug-likeness (QED) is 0.532. The van der Waals surface area contributed by atoms with Crippen molar-refractivity contribution in [2.24, 2.45) is 0 Å². The van der Waals surface area contributed by atoms with Gasteiger partial charge in [0.05, 0.1) is 0 Å². The van der Waals surface area contributed by atoms with E-state index in [-0.39, 0.29) is 0 Å². The zero-order valence-electron chi connectivity index (χ0n) is 13.9. The summed E-state index contributed by atoms with van der Waals surface area (Å²) in [6.07, 6.45) is 1.56. The van der Waals surface area contributed by atoms with Gasteiger partial charge in [-0.1, -0.05) is 47.7 Å². The molecule has 0 atom stereocenters. The third-order valence-electron chi connectivity index (χ3n) is 3.94. The van der Waals surface area contributed by atoms with Crippen molar-refractivity contribution in [2.75, 3.05) is 10.6 Å². The first-order valence-corrected chi connectivity index (χ1v) is 8.79. The summed E-state index contributed by atoms with van der Waals surface area (Å²) in [6, 6.07) is 16.2. The molecule has 0 spiro atoms. The van der Waals surface area contributed by atoms with E-state index in [4.69, 9.17) is 4.98 Å². The second-order valence-corrected chi connectivity index (χ2v) is 6.76. The van der Waals surface area contributed by atoms with Gasteiger partial charge in [-0.2, -0.15) is 0 Å². The predicted octanol–water partition coefficient (Wildman–Crippen LogP) is 5.19. The van der Waals surface area contributed by atoms with Crippen LogP contribution in [0.5, 0.6) is 0 Å². The number of aromatic nitrogens is 3. The molecule has 2 heterocycles. The van der Waals surface area contributed by atoms with E-state index in [0.717, 1.165) is 26.9 Å². The maximum absolute atomic E-state index is 4.71. The normalized spacial score (nSPS) is 10.8. The first kappa shape index (κ1) is 15.5. The number of benzene rings is 2. The highest BCUT2D eigenvalue weighted by Gasteiger charge is 2.12. The highest BCUT2D eigenvalue weighted by Crippen LogP contribution is 2.32. The Morgan fingerprint density at radius 2 is 1.60 bits per heavy atom. The molecule has 0 fully saturated rings. The fourth-order valence-corrected chi connectivity index (χ4v) is 3.49. The summed E-state index contributed by atoms with van der Waals surface area (Å²) in [5.41, 5.74) is 5.21. The zero-order chi connectivity index (χ0) is 17.2. The number of aryl methyl sites for hydroxylation is 2. The lowest BCUT2D eigenvalue weighted by molar-refractivity contribution is 1.21. The van der Waals surface area contributed by atoms with Gasteiger partial charge in [-0.05, 0) is 37.1 Å². The van der Waals surface area contributed by atoms with E-state index in [1.54, 1.807) is 6.33 Å². The van der Waals surface area contributed by atoms with Crippen LogP contribution in [0.15, 0.2) is 54.9 Å². The number of thiazole rings is 1. The maximum Gasteiger partial charge on any atom is 0.189 e. The molecule has 6 heteroatoms. The van der Waals surface area contributed by atoms with Crippen molar-refractivity contribution in [3.05, 3.63) is 66.0 Å². The Hall–Kier alpha value is -2.99. The Morgan fingerprint density at radius 1 is 0.840 bits per heavy atom. The number of anilines is 4. The molecule has 2 N–H and O–H groups in total. The minimum atomic E-state index is 0.710. The van der Waals surface area contributed by atoms with Crippen molar-refractivity contribution in [2.45, 2.75) is 13.8 Å². The molecule has 4 aromatic rings. The third-order valence-corrected chi connectivity index (χ3v) is 4.82. The highest BCUT2D eigenvalue weighted by atomic mass is 32.1. The first-order chi connectivity index (χ1) is 12.2. The zero-order valence-corrected chi connectivity index (χ0v) is 14.8. The van der Waals surface area contributed by atoms with Crippen LogP contribution in [0, 0.1) is 13.8 Å². The van der Waals surface area contributed by atoms with Crippen LogP contribution in [-0.2, 0) is 0 Å². The van der Waals surface area contributed by atoms with Gasteiger partial charge in [0, 0.05) is 11.4 Å². The SMILES string of the molecule is Cc1cccc(C)c1Nc1nc2c(Nc3ccccc3)ncnc2s1. The number of rotatable bonds is 4. The number of fused-ring (bicyclic) bond motifs is 1. The summed E-state index contributed by atoms with van der Waals surface area (Å²) < 4.78 is 0. The Kier molecular flexibility index (Phi) is 4.03. The fraction of sp³-hybridized carbons (Fsp3) is 0.105. The van der Waals surface area contributed by atoms with Crippen molar-refractivity contribution in [1.29, 1.82) is 0 Å². The number of nitrogens with one attached hydrogen (secondary N) is 2. The molecule has 0 bridgehead atoms. The largest absolute Gasteiger partial charge is 0.338 e. The lowest BCUT2D eigenvalue weighted by Crippen LogP contribution is -1.96. The number of para-hydroxylation sites is 2. The van der Waals surface area contributed by atoms with Crippen molar-refractivity contribution in [1.82, 2.24) is 15.0 Å². The Labute approximate surface area is 149 Å². The van der Waals surface area contributed by atoms with Crippen LogP contribution in [0.1, 0.15) is 11.1 Å². The van der Waals surface area contributed by atoms with Crippen molar-refractivity contribution >= 4 is 44.0 Å². The predicted molar refractivity (Wildman–Crippen MR) is 104 cm³/mol. The van der Waals surface area contributed by atoms with E-state index < -0.39 is 0 Å². The van der Waals surface area contributed by atoms with Crippen molar-refractivity contribution in [3.8, 4) is 0 Å². The molecule has 5 nitrogen and oxygen atoms in total. The molecule has 25 heavy (non-hydrogen) atoms. The standard InChI is InChI=1S/C19H17N5S/c1-12-7-6-8-13(2)15(12)23-19-24-16-17(20-11-21-18(16)25-19)22-14-9-4-3-5-10-14/h3-11H,1-2H3,(H,23,24)(H,20,21,22). The van der Waals surface area contributed by atoms with Gasteiger partial charge in [-0.3, -0.25) is 0 Å². The average Bonchev–Trinajstić information content (AvgIpc) is 3.03. The third kappa shape index (κ3) is 3.16. The van der Waals surface area contributed by atoms with E-state index in [0.29, 0.717) is 5.82 Å². The summed E-state index contributed by atoms with van der Waals surface area (Å²) in [5.74, 6) is 0.710. The lowest BCUT2D eigenvalue weighted by atomic mass is 10.1. The van der Waals surface area contributed by atoms with Gasteiger partial charge >= 0.3 is 0 Å². The van der Waals surface area contributed by atoms with Crippen molar-refractivity contribution < 1.29 is 0 Å². The van der Waals surface area contributed by atoms with Gasteiger partial charge < -0.3 is 10.6 Å². The molecule has 0 amide bonds. The average molecular weight is 347 g/mol. The van der Waals surface area contributed by atoms with Crippen LogP contribution < -0.4 is 10.6 Å². The molecule has 0 unspecified atom stereocenters. The van der Waals surface area contributed by atoms with Gasteiger partial charge in [0.25, 0.3) is 0 Å². The molecule has 0 radical (unpaired) electrons. The maximum atomic E-state index is 4.71. The van der Waals surface area contributed by atoms with E-state index >= 15 is 0 Å². The second-order valence-electron chi connectivity index (χ2n) is 5.78. The van der Waals surface area contributed by atoms with Crippen LogP contribution in [-0.4, -0.2) is 15.0 Å². The first-order valence-electron chi connectivity index (χ1n) is 7.97. The smallest absolute Gasteiger partial charge is 0.189 e. The van der Waals surface area contributed by atoms with Gasteiger partial charge in [0.2, 0.25) is 0 Å². The molecular formula is C19H17N5S. The van der Waals surface area contributed by atoms with Crippen LogP contribution in [0.3, 0.4) is 0 Å². The van der Waals surface area contributed by atoms with Gasteiger partial charge in [0.1, 0.15) is 11.8 Å². The Bertz CT molecular complexity index is 1010. The van der Waals surface area contributed by atoms with Crippen LogP contribution in [0.2, 0.25) is 0 Å². The summed E-state index contributed by atoms with van der Waals surface area (Å²) in [6.45, 7) is 4.18. The fourth-order valence-electron chi connectivity index (χ4n) is 2.68. The summed E-state index contributed by atoms with van der Waals surface area (Å²) in [4.78, 5) is 14.3. The van der Waals surface area contributed by atoms with E-state index in [9.17, 15) is 0 Å². The number of hydrogen-bond donors (Lipinski definition) is 2. The minimum absolute atomic E-state index is 0.710. The lowest BCUT2D eigenvalue weighted by Gasteiger charge is -2.09. The van der Waals surface area contributed by atoms with E-state index in [2.05, 4.69) is 52.6 Å². The number of nitrogens with zero attached hydrogens (tertiary/aromatic N) is 3. The Morgan fingerprint density at radius 3 is 2.36 bits per heavy atom. The van der Waals surface area contributed by atoms with E-state index in [1.807, 2.05) is 30.3 Å². The Balaban J connectivity index is 1.70. The molecule has 2 aromatic carbocycles. The monoisotopic (exact) mass is 347 g/mol. The van der Waals surface area contributed by atoms with Gasteiger partial charge in [0.15, 0.2) is 15.8 Å².